The number of likely N-dealkylation sites (N-methyl/N-ethyl adjacent to an activating group) is 2. The van der Waals surface area contributed by atoms with Crippen molar-refractivity contribution in [1.82, 2.24) is 10.2 Å². The molecule has 0 aliphatic rings. The summed E-state index contributed by atoms with van der Waals surface area (Å²) in [4.78, 5) is 13.7. The van der Waals surface area contributed by atoms with Crippen molar-refractivity contribution in [1.29, 1.82) is 0 Å². The third kappa shape index (κ3) is 6.36. The fourth-order valence-corrected chi connectivity index (χ4v) is 1.62. The van der Waals surface area contributed by atoms with Crippen molar-refractivity contribution >= 4 is 5.97 Å². The lowest BCUT2D eigenvalue weighted by Gasteiger charge is -2.10. The van der Waals surface area contributed by atoms with Gasteiger partial charge in [-0.2, -0.15) is 0 Å². The first-order valence-corrected chi connectivity index (χ1v) is 6.75. The minimum atomic E-state index is -0.250. The van der Waals surface area contributed by atoms with Gasteiger partial charge in [-0.3, -0.25) is 0 Å². The van der Waals surface area contributed by atoms with Crippen LogP contribution in [0.25, 0.3) is 0 Å². The third-order valence-electron chi connectivity index (χ3n) is 2.80. The molecule has 0 saturated heterocycles. The van der Waals surface area contributed by atoms with E-state index in [1.54, 1.807) is 0 Å². The van der Waals surface area contributed by atoms with Gasteiger partial charge >= 0.3 is 5.97 Å². The maximum absolute atomic E-state index is 11.7. The highest BCUT2D eigenvalue weighted by atomic mass is 16.5. The van der Waals surface area contributed by atoms with Crippen LogP contribution in [0.3, 0.4) is 0 Å². The summed E-state index contributed by atoms with van der Waals surface area (Å²) in [5.41, 5.74) is 1.84. The average Bonchev–Trinajstić information content (AvgIpc) is 2.39. The van der Waals surface area contributed by atoms with Crippen molar-refractivity contribution in [3.05, 3.63) is 35.4 Å². The van der Waals surface area contributed by atoms with Crippen LogP contribution in [0.15, 0.2) is 24.3 Å². The molecule has 19 heavy (non-hydrogen) atoms. The van der Waals surface area contributed by atoms with Crippen LogP contribution in [-0.2, 0) is 11.2 Å². The molecule has 0 aliphatic heterocycles. The van der Waals surface area contributed by atoms with Crippen LogP contribution >= 0.6 is 0 Å². The van der Waals surface area contributed by atoms with E-state index in [0.717, 1.165) is 26.1 Å². The van der Waals surface area contributed by atoms with Crippen LogP contribution in [-0.4, -0.2) is 51.2 Å². The zero-order valence-corrected chi connectivity index (χ0v) is 12.1. The highest BCUT2D eigenvalue weighted by Crippen LogP contribution is 2.06. The number of rotatable bonds is 8. The van der Waals surface area contributed by atoms with Gasteiger partial charge in [0.2, 0.25) is 0 Å². The van der Waals surface area contributed by atoms with E-state index in [4.69, 9.17) is 4.74 Å². The normalized spacial score (nSPS) is 10.7. The number of carbonyl (C=O) groups excluding carboxylic acids is 1. The van der Waals surface area contributed by atoms with Crippen LogP contribution in [0.4, 0.5) is 0 Å². The first-order chi connectivity index (χ1) is 9.13. The van der Waals surface area contributed by atoms with Gasteiger partial charge in [-0.25, -0.2) is 4.79 Å². The third-order valence-corrected chi connectivity index (χ3v) is 2.80. The minimum Gasteiger partial charge on any atom is -0.461 e. The molecule has 1 aromatic rings. The summed E-state index contributed by atoms with van der Waals surface area (Å²) in [5.74, 6) is -0.250. The van der Waals surface area contributed by atoms with Crippen LogP contribution in [0.2, 0.25) is 0 Å². The zero-order valence-electron chi connectivity index (χ0n) is 12.1. The molecule has 0 fully saturated rings. The molecule has 106 valence electrons. The SMILES string of the molecule is CCNCCc1ccc(C(=O)OCCN(C)C)cc1. The molecular weight excluding hydrogens is 240 g/mol. The van der Waals surface area contributed by atoms with Crippen molar-refractivity contribution < 1.29 is 9.53 Å². The number of nitrogens with zero attached hydrogens (tertiary/aromatic N) is 1. The molecule has 0 amide bonds. The molecule has 0 unspecified atom stereocenters. The Balaban J connectivity index is 2.39. The molecule has 0 aromatic heterocycles. The summed E-state index contributed by atoms with van der Waals surface area (Å²) >= 11 is 0. The minimum absolute atomic E-state index is 0.250. The molecule has 4 nitrogen and oxygen atoms in total. The van der Waals surface area contributed by atoms with Gasteiger partial charge in [-0.1, -0.05) is 19.1 Å². The van der Waals surface area contributed by atoms with Gasteiger partial charge in [0, 0.05) is 6.54 Å². The maximum Gasteiger partial charge on any atom is 0.338 e. The monoisotopic (exact) mass is 264 g/mol. The van der Waals surface area contributed by atoms with E-state index in [2.05, 4.69) is 12.2 Å². The molecule has 0 atom stereocenters. The number of hydrogen-bond acceptors (Lipinski definition) is 4. The standard InChI is InChI=1S/C15H24N2O2/c1-4-16-10-9-13-5-7-14(8-6-13)15(18)19-12-11-17(2)3/h5-8,16H,4,9-12H2,1-3H3. The lowest BCUT2D eigenvalue weighted by molar-refractivity contribution is 0.0482. The lowest BCUT2D eigenvalue weighted by Crippen LogP contribution is -2.20. The van der Waals surface area contributed by atoms with Crippen LogP contribution in [0.1, 0.15) is 22.8 Å². The Hall–Kier alpha value is -1.39. The fraction of sp³-hybridized carbons (Fsp3) is 0.533. The molecule has 0 heterocycles. The molecule has 0 saturated carbocycles. The van der Waals surface area contributed by atoms with Crippen LogP contribution in [0.5, 0.6) is 0 Å². The number of benzene rings is 1. The molecule has 4 heteroatoms. The quantitative estimate of drug-likeness (QED) is 0.571. The van der Waals surface area contributed by atoms with Gasteiger partial charge in [-0.15, -0.1) is 0 Å². The lowest BCUT2D eigenvalue weighted by atomic mass is 10.1. The Morgan fingerprint density at radius 1 is 1.26 bits per heavy atom. The van der Waals surface area contributed by atoms with Crippen LogP contribution < -0.4 is 5.32 Å². The van der Waals surface area contributed by atoms with Gasteiger partial charge in [-0.05, 0) is 51.3 Å². The highest BCUT2D eigenvalue weighted by molar-refractivity contribution is 5.89. The molecule has 1 aromatic carbocycles. The largest absolute Gasteiger partial charge is 0.461 e. The number of esters is 1. The van der Waals surface area contributed by atoms with Gasteiger partial charge < -0.3 is 15.0 Å². The Morgan fingerprint density at radius 3 is 2.53 bits per heavy atom. The van der Waals surface area contributed by atoms with Crippen molar-refractivity contribution in [2.45, 2.75) is 13.3 Å². The first kappa shape index (κ1) is 15.7. The summed E-state index contributed by atoms with van der Waals surface area (Å²) in [6.45, 7) is 5.20. The van der Waals surface area contributed by atoms with Crippen molar-refractivity contribution in [3.8, 4) is 0 Å². The second kappa shape index (κ2) is 8.67. The molecular formula is C15H24N2O2. The van der Waals surface area contributed by atoms with E-state index < -0.39 is 0 Å². The summed E-state index contributed by atoms with van der Waals surface area (Å²) in [6, 6.07) is 7.64. The van der Waals surface area contributed by atoms with E-state index in [1.807, 2.05) is 43.3 Å². The number of ether oxygens (including phenoxy) is 1. The molecule has 0 spiro atoms. The maximum atomic E-state index is 11.7. The Morgan fingerprint density at radius 2 is 1.95 bits per heavy atom. The van der Waals surface area contributed by atoms with Gasteiger partial charge in [0.05, 0.1) is 5.56 Å². The van der Waals surface area contributed by atoms with E-state index >= 15 is 0 Å². The predicted octanol–water partition coefficient (Wildman–Crippen LogP) is 1.56. The van der Waals surface area contributed by atoms with Crippen molar-refractivity contribution in [3.63, 3.8) is 0 Å². The Bertz CT molecular complexity index is 374. The Labute approximate surface area is 115 Å². The van der Waals surface area contributed by atoms with E-state index in [9.17, 15) is 4.79 Å². The van der Waals surface area contributed by atoms with Crippen molar-refractivity contribution in [2.24, 2.45) is 0 Å². The second-order valence-electron chi connectivity index (χ2n) is 4.74. The highest BCUT2D eigenvalue weighted by Gasteiger charge is 2.06. The average molecular weight is 264 g/mol. The van der Waals surface area contributed by atoms with E-state index in [-0.39, 0.29) is 5.97 Å². The van der Waals surface area contributed by atoms with E-state index in [1.165, 1.54) is 5.56 Å². The van der Waals surface area contributed by atoms with Gasteiger partial charge in [0.1, 0.15) is 6.61 Å². The molecule has 0 radical (unpaired) electrons. The summed E-state index contributed by atoms with van der Waals surface area (Å²) in [5, 5.41) is 3.28. The van der Waals surface area contributed by atoms with Crippen molar-refractivity contribution in [2.75, 3.05) is 40.3 Å². The fourth-order valence-electron chi connectivity index (χ4n) is 1.62. The van der Waals surface area contributed by atoms with Crippen LogP contribution in [0, 0.1) is 0 Å². The summed E-state index contributed by atoms with van der Waals surface area (Å²) in [6.07, 6.45) is 0.976. The first-order valence-electron chi connectivity index (χ1n) is 6.75. The molecule has 1 N–H and O–H groups in total. The second-order valence-corrected chi connectivity index (χ2v) is 4.74. The zero-order chi connectivity index (χ0) is 14.1. The smallest absolute Gasteiger partial charge is 0.338 e. The number of carbonyl (C=O) groups is 1. The van der Waals surface area contributed by atoms with Gasteiger partial charge in [0.25, 0.3) is 0 Å². The number of hydrogen-bond donors (Lipinski definition) is 1. The summed E-state index contributed by atoms with van der Waals surface area (Å²) < 4.78 is 5.18. The predicted molar refractivity (Wildman–Crippen MR) is 77.5 cm³/mol. The molecule has 0 aliphatic carbocycles. The summed E-state index contributed by atoms with van der Waals surface area (Å²) in [7, 11) is 3.90. The number of nitrogens with one attached hydrogen (secondary N) is 1. The van der Waals surface area contributed by atoms with Gasteiger partial charge in [0.15, 0.2) is 0 Å². The molecule has 0 bridgehead atoms. The van der Waals surface area contributed by atoms with E-state index in [0.29, 0.717) is 12.2 Å². The molecule has 1 rings (SSSR count). The Kier molecular flexibility index (Phi) is 7.15. The topological polar surface area (TPSA) is 41.6 Å².